The summed E-state index contributed by atoms with van der Waals surface area (Å²) in [5.74, 6) is 0.227. The van der Waals surface area contributed by atoms with Gasteiger partial charge in [-0.3, -0.25) is 9.69 Å². The quantitative estimate of drug-likeness (QED) is 0.533. The van der Waals surface area contributed by atoms with E-state index in [4.69, 9.17) is 11.6 Å². The lowest BCUT2D eigenvalue weighted by Gasteiger charge is -2.14. The lowest BCUT2D eigenvalue weighted by atomic mass is 10.1. The Morgan fingerprint density at radius 2 is 2.30 bits per heavy atom. The third-order valence-corrected chi connectivity index (χ3v) is 2.28. The molecule has 2 atom stereocenters. The van der Waals surface area contributed by atoms with Crippen molar-refractivity contribution >= 4 is 17.4 Å². The monoisotopic (exact) mass is 161 g/mol. The van der Waals surface area contributed by atoms with Crippen LogP contribution in [0.2, 0.25) is 0 Å². The van der Waals surface area contributed by atoms with Crippen molar-refractivity contribution in [3.05, 3.63) is 0 Å². The SMILES string of the molecule is CC(=O)C1CC(Cl)CN1C. The molecular formula is C7H12ClNO. The molecule has 0 aromatic heterocycles. The molecule has 1 aliphatic heterocycles. The van der Waals surface area contributed by atoms with E-state index < -0.39 is 0 Å². The van der Waals surface area contributed by atoms with Crippen molar-refractivity contribution in [3.63, 3.8) is 0 Å². The van der Waals surface area contributed by atoms with E-state index in [1.807, 2.05) is 11.9 Å². The lowest BCUT2D eigenvalue weighted by Crippen LogP contribution is -2.30. The van der Waals surface area contributed by atoms with Crippen molar-refractivity contribution in [2.75, 3.05) is 13.6 Å². The van der Waals surface area contributed by atoms with Crippen LogP contribution in [-0.2, 0) is 4.79 Å². The van der Waals surface area contributed by atoms with E-state index in [2.05, 4.69) is 0 Å². The van der Waals surface area contributed by atoms with Gasteiger partial charge in [-0.25, -0.2) is 0 Å². The van der Waals surface area contributed by atoms with Gasteiger partial charge in [0.15, 0.2) is 0 Å². The van der Waals surface area contributed by atoms with E-state index in [-0.39, 0.29) is 17.2 Å². The average Bonchev–Trinajstić information content (AvgIpc) is 2.10. The largest absolute Gasteiger partial charge is 0.298 e. The molecule has 1 rings (SSSR count). The molecule has 2 nitrogen and oxygen atoms in total. The fourth-order valence-corrected chi connectivity index (χ4v) is 1.80. The number of alkyl halides is 1. The second-order valence-electron chi connectivity index (χ2n) is 2.90. The predicted octanol–water partition coefficient (Wildman–Crippen LogP) is 0.887. The molecule has 0 bridgehead atoms. The van der Waals surface area contributed by atoms with Crippen molar-refractivity contribution in [3.8, 4) is 0 Å². The average molecular weight is 162 g/mol. The van der Waals surface area contributed by atoms with Crippen LogP contribution in [-0.4, -0.2) is 35.7 Å². The highest BCUT2D eigenvalue weighted by Gasteiger charge is 2.30. The number of hydrogen-bond donors (Lipinski definition) is 0. The molecule has 1 saturated heterocycles. The Morgan fingerprint density at radius 3 is 2.50 bits per heavy atom. The molecule has 2 unspecified atom stereocenters. The van der Waals surface area contributed by atoms with Gasteiger partial charge in [-0.05, 0) is 20.4 Å². The summed E-state index contributed by atoms with van der Waals surface area (Å²) in [6, 6.07) is 0.0718. The molecular weight excluding hydrogens is 150 g/mol. The maximum absolute atomic E-state index is 10.9. The number of rotatable bonds is 1. The van der Waals surface area contributed by atoms with Gasteiger partial charge in [0, 0.05) is 11.9 Å². The lowest BCUT2D eigenvalue weighted by molar-refractivity contribution is -0.120. The zero-order valence-electron chi connectivity index (χ0n) is 6.30. The second-order valence-corrected chi connectivity index (χ2v) is 3.52. The number of hydrogen-bond acceptors (Lipinski definition) is 2. The zero-order valence-corrected chi connectivity index (χ0v) is 7.06. The number of likely N-dealkylation sites (N-methyl/N-ethyl adjacent to an activating group) is 1. The fourth-order valence-electron chi connectivity index (χ4n) is 1.41. The summed E-state index contributed by atoms with van der Waals surface area (Å²) < 4.78 is 0. The summed E-state index contributed by atoms with van der Waals surface area (Å²) in [6.45, 7) is 2.46. The Kier molecular flexibility index (Phi) is 2.32. The van der Waals surface area contributed by atoms with Gasteiger partial charge < -0.3 is 0 Å². The smallest absolute Gasteiger partial charge is 0.146 e. The first kappa shape index (κ1) is 8.02. The van der Waals surface area contributed by atoms with Crippen LogP contribution in [0.4, 0.5) is 0 Å². The van der Waals surface area contributed by atoms with Gasteiger partial charge in [-0.15, -0.1) is 11.6 Å². The Morgan fingerprint density at radius 1 is 1.70 bits per heavy atom. The summed E-state index contributed by atoms with van der Waals surface area (Å²) >= 11 is 5.85. The van der Waals surface area contributed by atoms with Crippen LogP contribution in [0, 0.1) is 0 Å². The highest BCUT2D eigenvalue weighted by Crippen LogP contribution is 2.20. The van der Waals surface area contributed by atoms with Crippen molar-refractivity contribution in [1.82, 2.24) is 4.90 Å². The molecule has 0 aromatic carbocycles. The summed E-state index contributed by atoms with van der Waals surface area (Å²) in [6.07, 6.45) is 0.813. The van der Waals surface area contributed by atoms with Crippen molar-refractivity contribution < 1.29 is 4.79 Å². The van der Waals surface area contributed by atoms with E-state index >= 15 is 0 Å². The number of likely N-dealkylation sites (tertiary alicyclic amines) is 1. The molecule has 0 spiro atoms. The molecule has 1 heterocycles. The number of Topliss-reactive ketones (excluding diaryl/α,β-unsaturated/α-hetero) is 1. The molecule has 10 heavy (non-hydrogen) atoms. The van der Waals surface area contributed by atoms with Crippen LogP contribution in [0.3, 0.4) is 0 Å². The Hall–Kier alpha value is -0.0800. The molecule has 0 aliphatic carbocycles. The Labute approximate surface area is 66.1 Å². The van der Waals surface area contributed by atoms with Crippen LogP contribution >= 0.6 is 11.6 Å². The van der Waals surface area contributed by atoms with E-state index in [0.29, 0.717) is 0 Å². The molecule has 1 aliphatic rings. The topological polar surface area (TPSA) is 20.3 Å². The highest BCUT2D eigenvalue weighted by atomic mass is 35.5. The van der Waals surface area contributed by atoms with Crippen LogP contribution in [0.5, 0.6) is 0 Å². The Balaban J connectivity index is 2.54. The number of carbonyl (C=O) groups is 1. The van der Waals surface area contributed by atoms with Gasteiger partial charge in [0.05, 0.1) is 6.04 Å². The van der Waals surface area contributed by atoms with E-state index in [9.17, 15) is 4.79 Å². The summed E-state index contributed by atoms with van der Waals surface area (Å²) in [5, 5.41) is 0.166. The molecule has 0 radical (unpaired) electrons. The Bertz CT molecular complexity index is 149. The zero-order chi connectivity index (χ0) is 7.72. The summed E-state index contributed by atoms with van der Waals surface area (Å²) in [4.78, 5) is 12.9. The first-order valence-corrected chi connectivity index (χ1v) is 3.89. The van der Waals surface area contributed by atoms with Gasteiger partial charge in [-0.1, -0.05) is 0 Å². The fraction of sp³-hybridized carbons (Fsp3) is 0.857. The van der Waals surface area contributed by atoms with Gasteiger partial charge in [0.25, 0.3) is 0 Å². The molecule has 0 saturated carbocycles. The number of carbonyl (C=O) groups excluding carboxylic acids is 1. The van der Waals surface area contributed by atoms with Gasteiger partial charge >= 0.3 is 0 Å². The molecule has 1 fully saturated rings. The van der Waals surface area contributed by atoms with Gasteiger partial charge in [-0.2, -0.15) is 0 Å². The first-order chi connectivity index (χ1) is 4.61. The van der Waals surface area contributed by atoms with Crippen LogP contribution in [0.15, 0.2) is 0 Å². The van der Waals surface area contributed by atoms with E-state index in [1.54, 1.807) is 6.92 Å². The van der Waals surface area contributed by atoms with Gasteiger partial charge in [0.2, 0.25) is 0 Å². The normalized spacial score (nSPS) is 34.7. The summed E-state index contributed by atoms with van der Waals surface area (Å²) in [7, 11) is 1.94. The minimum Gasteiger partial charge on any atom is -0.298 e. The summed E-state index contributed by atoms with van der Waals surface area (Å²) in [5.41, 5.74) is 0. The first-order valence-electron chi connectivity index (χ1n) is 3.46. The van der Waals surface area contributed by atoms with Crippen LogP contribution in [0.1, 0.15) is 13.3 Å². The van der Waals surface area contributed by atoms with E-state index in [0.717, 1.165) is 13.0 Å². The minimum absolute atomic E-state index is 0.0718. The third-order valence-electron chi connectivity index (χ3n) is 1.97. The van der Waals surface area contributed by atoms with Crippen LogP contribution < -0.4 is 0 Å². The number of nitrogens with zero attached hydrogens (tertiary/aromatic N) is 1. The van der Waals surface area contributed by atoms with Crippen molar-refractivity contribution in [1.29, 1.82) is 0 Å². The molecule has 3 heteroatoms. The predicted molar refractivity (Wildman–Crippen MR) is 41.4 cm³/mol. The van der Waals surface area contributed by atoms with Crippen LogP contribution in [0.25, 0.3) is 0 Å². The standard InChI is InChI=1S/C7H12ClNO/c1-5(10)7-3-6(8)4-9(7)2/h6-7H,3-4H2,1-2H3. The maximum atomic E-state index is 10.9. The van der Waals surface area contributed by atoms with Crippen molar-refractivity contribution in [2.24, 2.45) is 0 Å². The minimum atomic E-state index is 0.0718. The number of halogens is 1. The van der Waals surface area contributed by atoms with Gasteiger partial charge in [0.1, 0.15) is 5.78 Å². The number of ketones is 1. The van der Waals surface area contributed by atoms with E-state index in [1.165, 1.54) is 0 Å². The molecule has 0 N–H and O–H groups in total. The molecule has 58 valence electrons. The van der Waals surface area contributed by atoms with Crippen molar-refractivity contribution in [2.45, 2.75) is 24.8 Å². The highest BCUT2D eigenvalue weighted by molar-refractivity contribution is 6.21. The molecule has 0 aromatic rings. The second kappa shape index (κ2) is 2.89. The molecule has 0 amide bonds. The maximum Gasteiger partial charge on any atom is 0.146 e. The third kappa shape index (κ3) is 1.50.